The van der Waals surface area contributed by atoms with Gasteiger partial charge in [-0.25, -0.2) is 4.99 Å². The van der Waals surface area contributed by atoms with E-state index >= 15 is 0 Å². The zero-order valence-electron chi connectivity index (χ0n) is 20.6. The summed E-state index contributed by atoms with van der Waals surface area (Å²) in [5.41, 5.74) is 8.61. The molecule has 2 heterocycles. The Hall–Kier alpha value is -4.13. The highest BCUT2D eigenvalue weighted by molar-refractivity contribution is 6.07. The van der Waals surface area contributed by atoms with Crippen LogP contribution in [0, 0.1) is 5.92 Å². The predicted molar refractivity (Wildman–Crippen MR) is 140 cm³/mol. The Morgan fingerprint density at radius 2 is 1.67 bits per heavy atom. The molecule has 3 aromatic carbocycles. The molecule has 184 valence electrons. The molecule has 1 atom stereocenters. The number of carbonyl (C=O) groups excluding carboxylic acids is 2. The Morgan fingerprint density at radius 1 is 0.972 bits per heavy atom. The van der Waals surface area contributed by atoms with Crippen molar-refractivity contribution in [3.8, 4) is 16.9 Å². The highest BCUT2D eigenvalue weighted by Gasteiger charge is 2.54. The van der Waals surface area contributed by atoms with Crippen LogP contribution in [0.1, 0.15) is 28.8 Å². The van der Waals surface area contributed by atoms with E-state index in [1.807, 2.05) is 53.4 Å². The van der Waals surface area contributed by atoms with Gasteiger partial charge in [0.25, 0.3) is 11.8 Å². The van der Waals surface area contributed by atoms with Crippen LogP contribution in [0.25, 0.3) is 11.1 Å². The van der Waals surface area contributed by atoms with Crippen LogP contribution in [0.3, 0.4) is 0 Å². The van der Waals surface area contributed by atoms with Crippen LogP contribution < -0.4 is 10.5 Å². The van der Waals surface area contributed by atoms with Crippen molar-refractivity contribution in [2.24, 2.45) is 16.6 Å². The molecule has 0 aliphatic carbocycles. The zero-order chi connectivity index (χ0) is 25.3. The van der Waals surface area contributed by atoms with Crippen LogP contribution in [0.2, 0.25) is 0 Å². The summed E-state index contributed by atoms with van der Waals surface area (Å²) in [6, 6.07) is 25.3. The van der Waals surface area contributed by atoms with E-state index in [1.165, 1.54) is 4.90 Å². The van der Waals surface area contributed by atoms with Gasteiger partial charge in [0.2, 0.25) is 0 Å². The number of carbonyl (C=O) groups is 2. The molecular formula is C29H30N4O3. The van der Waals surface area contributed by atoms with Crippen molar-refractivity contribution in [1.82, 2.24) is 9.80 Å². The molecule has 2 amide bonds. The third-order valence-electron chi connectivity index (χ3n) is 7.36. The molecule has 0 spiro atoms. The summed E-state index contributed by atoms with van der Waals surface area (Å²) in [7, 11) is 3.26. The Labute approximate surface area is 211 Å². The lowest BCUT2D eigenvalue weighted by Crippen LogP contribution is -2.49. The molecule has 5 rings (SSSR count). The summed E-state index contributed by atoms with van der Waals surface area (Å²) in [5.74, 6) is 0.624. The number of amides is 2. The van der Waals surface area contributed by atoms with Gasteiger partial charge in [-0.2, -0.15) is 0 Å². The van der Waals surface area contributed by atoms with E-state index in [4.69, 9.17) is 15.5 Å². The highest BCUT2D eigenvalue weighted by Crippen LogP contribution is 2.45. The fraction of sp³-hybridized carbons (Fsp3) is 0.276. The molecule has 7 nitrogen and oxygen atoms in total. The maximum absolute atomic E-state index is 13.7. The quantitative estimate of drug-likeness (QED) is 0.598. The number of guanidine groups is 1. The summed E-state index contributed by atoms with van der Waals surface area (Å²) in [6.07, 6.45) is 1.28. The molecule has 0 bridgehead atoms. The molecule has 2 N–H and O–H groups in total. The number of rotatable bonds is 5. The van der Waals surface area contributed by atoms with Crippen molar-refractivity contribution in [3.05, 3.63) is 90.0 Å². The summed E-state index contributed by atoms with van der Waals surface area (Å²) in [6.45, 7) is 1.07. The largest absolute Gasteiger partial charge is 0.497 e. The van der Waals surface area contributed by atoms with E-state index in [2.05, 4.69) is 18.2 Å². The maximum atomic E-state index is 13.7. The number of likely N-dealkylation sites (N-methyl/N-ethyl adjacent to an activating group) is 1. The van der Waals surface area contributed by atoms with E-state index in [9.17, 15) is 9.59 Å². The number of nitrogens with two attached hydrogens (primary N) is 1. The second-order valence-corrected chi connectivity index (χ2v) is 9.35. The molecule has 1 saturated heterocycles. The lowest BCUT2D eigenvalue weighted by molar-refractivity contribution is -0.133. The van der Waals surface area contributed by atoms with Crippen LogP contribution in [-0.4, -0.2) is 54.8 Å². The van der Waals surface area contributed by atoms with Crippen molar-refractivity contribution < 1.29 is 14.3 Å². The molecule has 0 radical (unpaired) electrons. The van der Waals surface area contributed by atoms with E-state index in [0.29, 0.717) is 37.2 Å². The summed E-state index contributed by atoms with van der Waals surface area (Å²) < 4.78 is 5.27. The Morgan fingerprint density at radius 3 is 2.33 bits per heavy atom. The van der Waals surface area contributed by atoms with Gasteiger partial charge in [-0.3, -0.25) is 14.5 Å². The summed E-state index contributed by atoms with van der Waals surface area (Å²) in [5, 5.41) is 0. The molecule has 1 fully saturated rings. The molecule has 3 aromatic rings. The minimum atomic E-state index is -1.10. The zero-order valence-corrected chi connectivity index (χ0v) is 20.6. The van der Waals surface area contributed by atoms with E-state index in [-0.39, 0.29) is 23.7 Å². The first-order valence-corrected chi connectivity index (χ1v) is 12.2. The van der Waals surface area contributed by atoms with Crippen molar-refractivity contribution >= 4 is 17.8 Å². The van der Waals surface area contributed by atoms with Gasteiger partial charge in [-0.05, 0) is 53.8 Å². The van der Waals surface area contributed by atoms with Crippen LogP contribution >= 0.6 is 0 Å². The van der Waals surface area contributed by atoms with Gasteiger partial charge >= 0.3 is 0 Å². The third-order valence-corrected chi connectivity index (χ3v) is 7.36. The van der Waals surface area contributed by atoms with E-state index in [1.54, 1.807) is 26.3 Å². The van der Waals surface area contributed by atoms with Crippen molar-refractivity contribution in [2.45, 2.75) is 18.4 Å². The molecule has 36 heavy (non-hydrogen) atoms. The van der Waals surface area contributed by atoms with Crippen molar-refractivity contribution in [1.29, 1.82) is 0 Å². The predicted octanol–water partition coefficient (Wildman–Crippen LogP) is 3.90. The number of hydrogen-bond donors (Lipinski definition) is 1. The van der Waals surface area contributed by atoms with Crippen LogP contribution in [-0.2, 0) is 10.3 Å². The van der Waals surface area contributed by atoms with Gasteiger partial charge in [0.1, 0.15) is 5.75 Å². The minimum absolute atomic E-state index is 0.0367. The van der Waals surface area contributed by atoms with Crippen LogP contribution in [0.4, 0.5) is 0 Å². The first-order valence-electron chi connectivity index (χ1n) is 12.2. The Balaban J connectivity index is 1.44. The number of aliphatic imine (C=N–C) groups is 1. The molecular weight excluding hydrogens is 452 g/mol. The summed E-state index contributed by atoms with van der Waals surface area (Å²) in [4.78, 5) is 35.0. The highest BCUT2D eigenvalue weighted by atomic mass is 16.5. The fourth-order valence-electron chi connectivity index (χ4n) is 5.36. The SMILES string of the molecule is COc1cccc(C(=O)N2CCC(C3(c4cccc(-c5ccccc5)c4)N=C(N)N(C)C3=O)CC2)c1. The summed E-state index contributed by atoms with van der Waals surface area (Å²) >= 11 is 0. The lowest BCUT2D eigenvalue weighted by Gasteiger charge is -2.40. The molecule has 7 heteroatoms. The number of methoxy groups -OCH3 is 1. The Kier molecular flexibility index (Phi) is 6.22. The minimum Gasteiger partial charge on any atom is -0.497 e. The average Bonchev–Trinajstić information content (AvgIpc) is 3.18. The smallest absolute Gasteiger partial charge is 0.261 e. The van der Waals surface area contributed by atoms with Gasteiger partial charge in [-0.1, -0.05) is 54.6 Å². The fourth-order valence-corrected chi connectivity index (χ4v) is 5.36. The van der Waals surface area contributed by atoms with Crippen LogP contribution in [0.15, 0.2) is 83.9 Å². The molecule has 1 unspecified atom stereocenters. The maximum Gasteiger partial charge on any atom is 0.261 e. The number of likely N-dealkylation sites (tertiary alicyclic amines) is 1. The van der Waals surface area contributed by atoms with Crippen molar-refractivity contribution in [2.75, 3.05) is 27.2 Å². The van der Waals surface area contributed by atoms with Gasteiger partial charge in [0.15, 0.2) is 11.5 Å². The topological polar surface area (TPSA) is 88.2 Å². The number of ether oxygens (including phenoxy) is 1. The third kappa shape index (κ3) is 4.00. The molecule has 2 aliphatic rings. The first-order chi connectivity index (χ1) is 17.4. The number of hydrogen-bond acceptors (Lipinski definition) is 5. The van der Waals surface area contributed by atoms with Crippen LogP contribution in [0.5, 0.6) is 5.75 Å². The normalized spacial score (nSPS) is 20.4. The molecule has 2 aliphatic heterocycles. The number of piperidine rings is 1. The van der Waals surface area contributed by atoms with E-state index in [0.717, 1.165) is 16.7 Å². The number of benzene rings is 3. The second-order valence-electron chi connectivity index (χ2n) is 9.35. The standard InChI is InChI=1S/C29H30N4O3/c1-32-27(35)29(31-28(32)30,24-12-6-10-21(18-24)20-8-4-3-5-9-20)23-14-16-33(17-15-23)26(34)22-11-7-13-25(19-22)36-2/h3-13,18-19,23H,14-17H2,1-2H3,(H2,30,31). The van der Waals surface area contributed by atoms with Crippen molar-refractivity contribution in [3.63, 3.8) is 0 Å². The van der Waals surface area contributed by atoms with Gasteiger partial charge in [0, 0.05) is 31.6 Å². The first kappa shape index (κ1) is 23.6. The van der Waals surface area contributed by atoms with Gasteiger partial charge in [-0.15, -0.1) is 0 Å². The molecule has 0 saturated carbocycles. The number of nitrogens with zero attached hydrogens (tertiary/aromatic N) is 3. The molecule has 0 aromatic heterocycles. The van der Waals surface area contributed by atoms with Gasteiger partial charge < -0.3 is 15.4 Å². The van der Waals surface area contributed by atoms with Gasteiger partial charge in [0.05, 0.1) is 7.11 Å². The second kappa shape index (κ2) is 9.49. The Bertz CT molecular complexity index is 1310. The lowest BCUT2D eigenvalue weighted by atomic mass is 9.72. The van der Waals surface area contributed by atoms with E-state index < -0.39 is 5.54 Å². The monoisotopic (exact) mass is 482 g/mol. The average molecular weight is 483 g/mol.